The van der Waals surface area contributed by atoms with Crippen molar-refractivity contribution in [3.8, 4) is 0 Å². The highest BCUT2D eigenvalue weighted by Crippen LogP contribution is 2.27. The molecule has 136 valence electrons. The lowest BCUT2D eigenvalue weighted by Gasteiger charge is -2.31. The van der Waals surface area contributed by atoms with Crippen LogP contribution in [-0.4, -0.2) is 29.5 Å². The van der Waals surface area contributed by atoms with Gasteiger partial charge >= 0.3 is 0 Å². The van der Waals surface area contributed by atoms with Gasteiger partial charge in [-0.15, -0.1) is 11.3 Å². The molecule has 2 aromatic rings. The molecule has 1 saturated heterocycles. The van der Waals surface area contributed by atoms with Crippen molar-refractivity contribution >= 4 is 23.2 Å². The molecule has 26 heavy (non-hydrogen) atoms. The summed E-state index contributed by atoms with van der Waals surface area (Å²) in [5.74, 6) is -0.442. The van der Waals surface area contributed by atoms with E-state index in [-0.39, 0.29) is 18.4 Å². The van der Waals surface area contributed by atoms with Gasteiger partial charge in [-0.1, -0.05) is 30.3 Å². The van der Waals surface area contributed by atoms with Crippen LogP contribution in [0.2, 0.25) is 0 Å². The molecule has 0 spiro atoms. The van der Waals surface area contributed by atoms with Gasteiger partial charge in [0.25, 0.3) is 5.91 Å². The number of morpholine rings is 1. The van der Waals surface area contributed by atoms with Crippen LogP contribution in [0.15, 0.2) is 30.3 Å². The fraction of sp³-hybridized carbons (Fsp3) is 0.421. The smallest absolute Gasteiger partial charge is 0.252 e. The third-order valence-electron chi connectivity index (χ3n) is 4.73. The van der Waals surface area contributed by atoms with E-state index < -0.39 is 12.1 Å². The van der Waals surface area contributed by atoms with Crippen molar-refractivity contribution in [1.29, 1.82) is 0 Å². The molecule has 2 heterocycles. The Kier molecular flexibility index (Phi) is 4.99. The van der Waals surface area contributed by atoms with Crippen molar-refractivity contribution in [2.75, 3.05) is 6.61 Å². The molecule has 1 aliphatic carbocycles. The maximum Gasteiger partial charge on any atom is 0.252 e. The molecule has 4 rings (SSSR count). The zero-order valence-corrected chi connectivity index (χ0v) is 15.2. The SMILES string of the molecule is O=C1CO[C@H](C(=O)NCc2nc3c(s2)CCCC3)[C@@H](c2ccccc2)N1. The number of hydrogen-bond acceptors (Lipinski definition) is 5. The minimum Gasteiger partial charge on any atom is -0.356 e. The highest BCUT2D eigenvalue weighted by atomic mass is 32.1. The van der Waals surface area contributed by atoms with Gasteiger partial charge in [-0.05, 0) is 31.2 Å². The van der Waals surface area contributed by atoms with E-state index in [0.29, 0.717) is 6.54 Å². The zero-order valence-electron chi connectivity index (χ0n) is 14.4. The number of nitrogens with one attached hydrogen (secondary N) is 2. The number of rotatable bonds is 4. The van der Waals surface area contributed by atoms with E-state index in [9.17, 15) is 9.59 Å². The summed E-state index contributed by atoms with van der Waals surface area (Å²) in [6, 6.07) is 8.94. The van der Waals surface area contributed by atoms with Gasteiger partial charge in [0, 0.05) is 4.88 Å². The number of carbonyl (C=O) groups is 2. The molecule has 2 atom stereocenters. The summed E-state index contributed by atoms with van der Waals surface area (Å²) < 4.78 is 5.55. The first-order valence-electron chi connectivity index (χ1n) is 8.92. The third-order valence-corrected chi connectivity index (χ3v) is 5.89. The molecule has 0 saturated carbocycles. The molecule has 0 bridgehead atoms. The van der Waals surface area contributed by atoms with Gasteiger partial charge in [0.1, 0.15) is 11.6 Å². The van der Waals surface area contributed by atoms with Crippen LogP contribution in [0.4, 0.5) is 0 Å². The second kappa shape index (κ2) is 7.55. The van der Waals surface area contributed by atoms with Crippen molar-refractivity contribution in [1.82, 2.24) is 15.6 Å². The Labute approximate surface area is 156 Å². The summed E-state index contributed by atoms with van der Waals surface area (Å²) in [6.07, 6.45) is 3.79. The molecular weight excluding hydrogens is 350 g/mol. The lowest BCUT2D eigenvalue weighted by Crippen LogP contribution is -2.52. The van der Waals surface area contributed by atoms with E-state index in [2.05, 4.69) is 15.6 Å². The van der Waals surface area contributed by atoms with Gasteiger partial charge in [-0.3, -0.25) is 9.59 Å². The monoisotopic (exact) mass is 371 g/mol. The average Bonchev–Trinajstić information content (AvgIpc) is 3.10. The number of benzene rings is 1. The van der Waals surface area contributed by atoms with Crippen molar-refractivity contribution < 1.29 is 14.3 Å². The lowest BCUT2D eigenvalue weighted by molar-refractivity contribution is -0.148. The number of ether oxygens (including phenoxy) is 1. The van der Waals surface area contributed by atoms with Gasteiger partial charge in [-0.25, -0.2) is 4.98 Å². The van der Waals surface area contributed by atoms with Gasteiger partial charge in [0.15, 0.2) is 6.10 Å². The van der Waals surface area contributed by atoms with Crippen molar-refractivity contribution in [2.45, 2.75) is 44.4 Å². The predicted octanol–water partition coefficient (Wildman–Crippen LogP) is 1.89. The highest BCUT2D eigenvalue weighted by Gasteiger charge is 2.36. The Morgan fingerprint density at radius 3 is 2.88 bits per heavy atom. The summed E-state index contributed by atoms with van der Waals surface area (Å²) in [6.45, 7) is 0.290. The minimum atomic E-state index is -0.746. The normalized spacial score (nSPS) is 22.4. The van der Waals surface area contributed by atoms with Gasteiger partial charge in [-0.2, -0.15) is 0 Å². The summed E-state index contributed by atoms with van der Waals surface area (Å²) >= 11 is 1.69. The molecule has 1 aromatic carbocycles. The first-order chi connectivity index (χ1) is 12.7. The third kappa shape index (κ3) is 3.64. The van der Waals surface area contributed by atoms with E-state index in [1.807, 2.05) is 30.3 Å². The Bertz CT molecular complexity index is 782. The summed E-state index contributed by atoms with van der Waals surface area (Å²) in [5, 5.41) is 6.72. The van der Waals surface area contributed by atoms with Crippen LogP contribution < -0.4 is 10.6 Å². The van der Waals surface area contributed by atoms with Crippen LogP contribution in [0.1, 0.15) is 40.0 Å². The maximum atomic E-state index is 12.7. The van der Waals surface area contributed by atoms with Crippen LogP contribution >= 0.6 is 11.3 Å². The Balaban J connectivity index is 1.44. The first kappa shape index (κ1) is 17.2. The molecule has 0 radical (unpaired) electrons. The Morgan fingerprint density at radius 2 is 2.08 bits per heavy atom. The van der Waals surface area contributed by atoms with E-state index >= 15 is 0 Å². The topological polar surface area (TPSA) is 80.3 Å². The quantitative estimate of drug-likeness (QED) is 0.860. The maximum absolute atomic E-state index is 12.7. The van der Waals surface area contributed by atoms with Crippen molar-refractivity contribution in [3.05, 3.63) is 51.5 Å². The molecule has 1 fully saturated rings. The second-order valence-corrected chi connectivity index (χ2v) is 7.76. The van der Waals surface area contributed by atoms with Gasteiger partial charge in [0.05, 0.1) is 18.3 Å². The molecule has 2 amide bonds. The lowest BCUT2D eigenvalue weighted by atomic mass is 9.99. The molecular formula is C19H21N3O3S. The summed E-state index contributed by atoms with van der Waals surface area (Å²) in [7, 11) is 0. The fourth-order valence-electron chi connectivity index (χ4n) is 3.44. The molecule has 1 aliphatic heterocycles. The highest BCUT2D eigenvalue weighted by molar-refractivity contribution is 7.11. The molecule has 6 nitrogen and oxygen atoms in total. The standard InChI is InChI=1S/C19H21N3O3S/c23-15-11-25-18(17(22-15)12-6-2-1-3-7-12)19(24)20-10-16-21-13-8-4-5-9-14(13)26-16/h1-3,6-7,17-18H,4-5,8-11H2,(H,20,24)(H,22,23)/t17-,18+/m1/s1. The average molecular weight is 371 g/mol. The van der Waals surface area contributed by atoms with E-state index in [4.69, 9.17) is 4.74 Å². The Morgan fingerprint density at radius 1 is 1.27 bits per heavy atom. The molecule has 1 aromatic heterocycles. The number of fused-ring (bicyclic) bond motifs is 1. The number of aryl methyl sites for hydroxylation is 2. The second-order valence-electron chi connectivity index (χ2n) is 6.59. The molecule has 0 unspecified atom stereocenters. The minimum absolute atomic E-state index is 0.104. The van der Waals surface area contributed by atoms with Crippen molar-refractivity contribution in [2.24, 2.45) is 0 Å². The summed E-state index contributed by atoms with van der Waals surface area (Å²) in [5.41, 5.74) is 2.04. The number of hydrogen-bond donors (Lipinski definition) is 2. The number of thiazole rings is 1. The Hall–Kier alpha value is -2.25. The van der Waals surface area contributed by atoms with Crippen LogP contribution in [0.25, 0.3) is 0 Å². The fourth-order valence-corrected chi connectivity index (χ4v) is 4.54. The molecule has 2 aliphatic rings. The number of amides is 2. The van der Waals surface area contributed by atoms with Crippen LogP contribution in [-0.2, 0) is 33.7 Å². The predicted molar refractivity (Wildman–Crippen MR) is 97.7 cm³/mol. The number of carbonyl (C=O) groups excluding carboxylic acids is 2. The van der Waals surface area contributed by atoms with E-state index in [0.717, 1.165) is 23.4 Å². The van der Waals surface area contributed by atoms with Gasteiger partial charge in [0.2, 0.25) is 5.91 Å². The van der Waals surface area contributed by atoms with Crippen molar-refractivity contribution in [3.63, 3.8) is 0 Å². The molecule has 2 N–H and O–H groups in total. The number of nitrogens with zero attached hydrogens (tertiary/aromatic N) is 1. The van der Waals surface area contributed by atoms with E-state index in [1.165, 1.54) is 23.4 Å². The van der Waals surface area contributed by atoms with E-state index in [1.54, 1.807) is 11.3 Å². The summed E-state index contributed by atoms with van der Waals surface area (Å²) in [4.78, 5) is 30.4. The van der Waals surface area contributed by atoms with Gasteiger partial charge < -0.3 is 15.4 Å². The molecule has 7 heteroatoms. The first-order valence-corrected chi connectivity index (χ1v) is 9.73. The van der Waals surface area contributed by atoms with Crippen LogP contribution in [0.3, 0.4) is 0 Å². The zero-order chi connectivity index (χ0) is 17.9. The van der Waals surface area contributed by atoms with Crippen LogP contribution in [0, 0.1) is 0 Å². The number of aromatic nitrogens is 1. The largest absolute Gasteiger partial charge is 0.356 e. The van der Waals surface area contributed by atoms with Crippen LogP contribution in [0.5, 0.6) is 0 Å².